The number of benzene rings is 1. The van der Waals surface area contributed by atoms with Gasteiger partial charge in [-0.3, -0.25) is 4.68 Å². The van der Waals surface area contributed by atoms with Gasteiger partial charge in [-0.1, -0.05) is 12.1 Å². The number of rotatable bonds is 2. The summed E-state index contributed by atoms with van der Waals surface area (Å²) < 4.78 is 7.02. The minimum absolute atomic E-state index is 0.629. The van der Waals surface area contributed by atoms with Crippen LogP contribution in [0.15, 0.2) is 41.0 Å². The second-order valence-corrected chi connectivity index (χ2v) is 4.45. The Balaban J connectivity index is 1.94. The van der Waals surface area contributed by atoms with E-state index in [2.05, 4.69) is 10.1 Å². The second kappa shape index (κ2) is 4.28. The lowest BCUT2D eigenvalue weighted by molar-refractivity contribution is 0.573. The van der Waals surface area contributed by atoms with E-state index in [-0.39, 0.29) is 0 Å². The number of anilines is 1. The largest absolute Gasteiger partial charge is 0.444 e. The summed E-state index contributed by atoms with van der Waals surface area (Å²) in [5, 5.41) is 4.34. The van der Waals surface area contributed by atoms with Gasteiger partial charge in [0.15, 0.2) is 0 Å². The van der Waals surface area contributed by atoms with Crippen molar-refractivity contribution in [2.45, 2.75) is 6.92 Å². The fraction of sp³-hybridized carbons (Fsp3) is 0.143. The number of aryl methyl sites for hydroxylation is 2. The lowest BCUT2D eigenvalue weighted by atomic mass is 10.1. The molecule has 0 radical (unpaired) electrons. The van der Waals surface area contributed by atoms with Crippen molar-refractivity contribution in [1.82, 2.24) is 14.8 Å². The van der Waals surface area contributed by atoms with Crippen LogP contribution in [0.25, 0.3) is 22.7 Å². The number of aromatic nitrogens is 3. The van der Waals surface area contributed by atoms with Crippen molar-refractivity contribution in [3.63, 3.8) is 0 Å². The molecule has 5 heteroatoms. The van der Waals surface area contributed by atoms with Crippen LogP contribution in [0.2, 0.25) is 0 Å². The Morgan fingerprint density at radius 1 is 1.16 bits per heavy atom. The Bertz CT molecular complexity index is 690. The standard InChI is InChI=1S/C14H14N4O/c1-9-8-19-14(16-9)11-5-3-10(4-6-11)12-7-13(15)18(2)17-12/h3-8H,15H2,1-2H3. The van der Waals surface area contributed by atoms with Gasteiger partial charge in [-0.05, 0) is 19.1 Å². The van der Waals surface area contributed by atoms with Crippen LogP contribution in [0, 0.1) is 6.92 Å². The fourth-order valence-corrected chi connectivity index (χ4v) is 1.89. The van der Waals surface area contributed by atoms with Gasteiger partial charge in [0.2, 0.25) is 5.89 Å². The van der Waals surface area contributed by atoms with E-state index >= 15 is 0 Å². The van der Waals surface area contributed by atoms with Crippen LogP contribution in [-0.4, -0.2) is 14.8 Å². The lowest BCUT2D eigenvalue weighted by Gasteiger charge is -1.98. The number of nitrogens with zero attached hydrogens (tertiary/aromatic N) is 3. The van der Waals surface area contributed by atoms with Crippen LogP contribution in [0.1, 0.15) is 5.69 Å². The smallest absolute Gasteiger partial charge is 0.226 e. The highest BCUT2D eigenvalue weighted by molar-refractivity contribution is 5.66. The Labute approximate surface area is 110 Å². The highest BCUT2D eigenvalue weighted by Crippen LogP contribution is 2.24. The maximum Gasteiger partial charge on any atom is 0.226 e. The molecule has 19 heavy (non-hydrogen) atoms. The van der Waals surface area contributed by atoms with Gasteiger partial charge in [0.25, 0.3) is 0 Å². The summed E-state index contributed by atoms with van der Waals surface area (Å²) in [6.07, 6.45) is 1.64. The quantitative estimate of drug-likeness (QED) is 0.763. The summed E-state index contributed by atoms with van der Waals surface area (Å²) in [7, 11) is 1.82. The summed E-state index contributed by atoms with van der Waals surface area (Å²) in [6, 6.07) is 9.74. The third-order valence-corrected chi connectivity index (χ3v) is 2.96. The number of hydrogen-bond acceptors (Lipinski definition) is 4. The molecule has 3 rings (SSSR count). The molecule has 0 saturated heterocycles. The van der Waals surface area contributed by atoms with Crippen molar-refractivity contribution in [2.75, 3.05) is 5.73 Å². The minimum atomic E-state index is 0.629. The highest BCUT2D eigenvalue weighted by Gasteiger charge is 2.07. The predicted octanol–water partition coefficient (Wildman–Crippen LogP) is 2.63. The topological polar surface area (TPSA) is 69.9 Å². The Morgan fingerprint density at radius 2 is 1.84 bits per heavy atom. The van der Waals surface area contributed by atoms with Gasteiger partial charge in [-0.15, -0.1) is 0 Å². The normalized spacial score (nSPS) is 10.8. The average Bonchev–Trinajstić information content (AvgIpc) is 2.97. The summed E-state index contributed by atoms with van der Waals surface area (Å²) >= 11 is 0. The zero-order valence-corrected chi connectivity index (χ0v) is 10.8. The van der Waals surface area contributed by atoms with E-state index in [0.717, 1.165) is 22.5 Å². The Hall–Kier alpha value is -2.56. The number of nitrogen functional groups attached to an aromatic ring is 1. The van der Waals surface area contributed by atoms with Crippen molar-refractivity contribution in [3.8, 4) is 22.7 Å². The molecule has 0 amide bonds. The van der Waals surface area contributed by atoms with E-state index in [1.54, 1.807) is 10.9 Å². The van der Waals surface area contributed by atoms with Crippen molar-refractivity contribution in [2.24, 2.45) is 7.05 Å². The molecule has 3 aromatic rings. The summed E-state index contributed by atoms with van der Waals surface area (Å²) in [5.41, 5.74) is 9.46. The van der Waals surface area contributed by atoms with Crippen LogP contribution >= 0.6 is 0 Å². The van der Waals surface area contributed by atoms with E-state index in [1.165, 1.54) is 0 Å². The SMILES string of the molecule is Cc1coc(-c2ccc(-c3cc(N)n(C)n3)cc2)n1. The second-order valence-electron chi connectivity index (χ2n) is 4.45. The van der Waals surface area contributed by atoms with Gasteiger partial charge in [-0.2, -0.15) is 5.10 Å². The van der Waals surface area contributed by atoms with Crippen LogP contribution in [0.4, 0.5) is 5.82 Å². The minimum Gasteiger partial charge on any atom is -0.444 e. The number of hydrogen-bond donors (Lipinski definition) is 1. The molecular weight excluding hydrogens is 240 g/mol. The Kier molecular flexibility index (Phi) is 2.59. The molecule has 0 aliphatic rings. The molecular formula is C14H14N4O. The predicted molar refractivity (Wildman–Crippen MR) is 73.3 cm³/mol. The molecule has 0 spiro atoms. The first-order valence-corrected chi connectivity index (χ1v) is 5.96. The van der Waals surface area contributed by atoms with E-state index in [0.29, 0.717) is 11.7 Å². The fourth-order valence-electron chi connectivity index (χ4n) is 1.89. The molecule has 0 saturated carbocycles. The molecule has 96 valence electrons. The molecule has 0 fully saturated rings. The van der Waals surface area contributed by atoms with E-state index in [4.69, 9.17) is 10.2 Å². The summed E-state index contributed by atoms with van der Waals surface area (Å²) in [4.78, 5) is 4.30. The van der Waals surface area contributed by atoms with Crippen molar-refractivity contribution < 1.29 is 4.42 Å². The van der Waals surface area contributed by atoms with E-state index in [9.17, 15) is 0 Å². The first kappa shape index (κ1) is 11.5. The Morgan fingerprint density at radius 3 is 2.37 bits per heavy atom. The molecule has 2 N–H and O–H groups in total. The first-order chi connectivity index (χ1) is 9.13. The molecule has 0 unspecified atom stereocenters. The van der Waals surface area contributed by atoms with Gasteiger partial charge < -0.3 is 10.2 Å². The molecule has 0 atom stereocenters. The third-order valence-electron chi connectivity index (χ3n) is 2.96. The lowest BCUT2D eigenvalue weighted by Crippen LogP contribution is -1.96. The number of oxazole rings is 1. The number of nitrogens with two attached hydrogens (primary N) is 1. The van der Waals surface area contributed by atoms with Gasteiger partial charge in [0, 0.05) is 24.2 Å². The van der Waals surface area contributed by atoms with Crippen molar-refractivity contribution in [1.29, 1.82) is 0 Å². The molecule has 2 heterocycles. The molecule has 0 aliphatic heterocycles. The molecule has 2 aromatic heterocycles. The molecule has 1 aromatic carbocycles. The van der Waals surface area contributed by atoms with Crippen LogP contribution in [0.3, 0.4) is 0 Å². The van der Waals surface area contributed by atoms with Gasteiger partial charge in [0.1, 0.15) is 12.1 Å². The third kappa shape index (κ3) is 2.10. The maximum atomic E-state index is 5.78. The van der Waals surface area contributed by atoms with Gasteiger partial charge >= 0.3 is 0 Å². The van der Waals surface area contributed by atoms with E-state index in [1.807, 2.05) is 44.3 Å². The molecule has 0 bridgehead atoms. The monoisotopic (exact) mass is 254 g/mol. The van der Waals surface area contributed by atoms with E-state index < -0.39 is 0 Å². The summed E-state index contributed by atoms with van der Waals surface area (Å²) in [5.74, 6) is 1.27. The zero-order chi connectivity index (χ0) is 13.4. The van der Waals surface area contributed by atoms with Gasteiger partial charge in [-0.25, -0.2) is 4.98 Å². The molecule has 5 nitrogen and oxygen atoms in total. The molecule has 0 aliphatic carbocycles. The zero-order valence-electron chi connectivity index (χ0n) is 10.8. The van der Waals surface area contributed by atoms with Crippen molar-refractivity contribution >= 4 is 5.82 Å². The summed E-state index contributed by atoms with van der Waals surface area (Å²) in [6.45, 7) is 1.90. The maximum absolute atomic E-state index is 5.78. The van der Waals surface area contributed by atoms with Crippen LogP contribution in [-0.2, 0) is 7.05 Å². The van der Waals surface area contributed by atoms with Crippen LogP contribution in [0.5, 0.6) is 0 Å². The highest BCUT2D eigenvalue weighted by atomic mass is 16.3. The van der Waals surface area contributed by atoms with Crippen molar-refractivity contribution in [3.05, 3.63) is 42.3 Å². The first-order valence-electron chi connectivity index (χ1n) is 5.96. The van der Waals surface area contributed by atoms with Crippen LogP contribution < -0.4 is 5.73 Å². The average molecular weight is 254 g/mol. The van der Waals surface area contributed by atoms with Gasteiger partial charge in [0.05, 0.1) is 11.4 Å².